The zero-order valence-corrected chi connectivity index (χ0v) is 19.5. The van der Waals surface area contributed by atoms with Crippen molar-refractivity contribution in [3.63, 3.8) is 0 Å². The van der Waals surface area contributed by atoms with Gasteiger partial charge >= 0.3 is 0 Å². The van der Waals surface area contributed by atoms with Crippen molar-refractivity contribution in [2.45, 2.75) is 25.9 Å². The van der Waals surface area contributed by atoms with Crippen LogP contribution in [-0.2, 0) is 0 Å². The maximum absolute atomic E-state index is 14.6. The smallest absolute Gasteiger partial charge is 0.256 e. The predicted molar refractivity (Wildman–Crippen MR) is 122 cm³/mol. The molecule has 31 heavy (non-hydrogen) atoms. The van der Waals surface area contributed by atoms with Gasteiger partial charge in [-0.1, -0.05) is 13.8 Å². The zero-order valence-electron chi connectivity index (χ0n) is 17.4. The third-order valence-corrected chi connectivity index (χ3v) is 5.95. The van der Waals surface area contributed by atoms with Gasteiger partial charge in [-0.25, -0.2) is 13.2 Å². The number of likely N-dealkylation sites (tertiary alicyclic amines) is 1. The van der Waals surface area contributed by atoms with Gasteiger partial charge in [0.1, 0.15) is 11.4 Å². The highest BCUT2D eigenvalue weighted by Crippen LogP contribution is 2.32. The van der Waals surface area contributed by atoms with Crippen LogP contribution in [0.3, 0.4) is 0 Å². The van der Waals surface area contributed by atoms with Crippen LogP contribution in [0.4, 0.5) is 24.5 Å². The summed E-state index contributed by atoms with van der Waals surface area (Å²) in [7, 11) is 0. The number of anilines is 2. The molecule has 3 rings (SSSR count). The van der Waals surface area contributed by atoms with Gasteiger partial charge in [0.15, 0.2) is 11.6 Å². The molecule has 168 valence electrons. The molecule has 1 fully saturated rings. The van der Waals surface area contributed by atoms with Crippen molar-refractivity contribution < 1.29 is 23.1 Å². The Bertz CT molecular complexity index is 967. The molecule has 0 aliphatic carbocycles. The number of aliphatic hydroxyl groups is 1. The van der Waals surface area contributed by atoms with E-state index in [4.69, 9.17) is 0 Å². The van der Waals surface area contributed by atoms with E-state index >= 15 is 0 Å². The number of halogens is 4. The first kappa shape index (κ1) is 23.8. The Kier molecular flexibility index (Phi) is 7.48. The summed E-state index contributed by atoms with van der Waals surface area (Å²) in [4.78, 5) is 16.5. The molecule has 1 aliphatic heterocycles. The van der Waals surface area contributed by atoms with Crippen LogP contribution in [0, 0.1) is 21.0 Å². The van der Waals surface area contributed by atoms with Crippen LogP contribution in [-0.4, -0.2) is 59.1 Å². The van der Waals surface area contributed by atoms with E-state index in [0.717, 1.165) is 25.6 Å². The maximum atomic E-state index is 14.6. The predicted octanol–water partition coefficient (Wildman–Crippen LogP) is 4.37. The number of nitrogens with one attached hydrogen (secondary N) is 1. The molecule has 2 N–H and O–H groups in total. The average molecular weight is 547 g/mol. The minimum absolute atomic E-state index is 0.0720. The normalized spacial score (nSPS) is 15.2. The highest BCUT2D eigenvalue weighted by molar-refractivity contribution is 14.1. The van der Waals surface area contributed by atoms with Gasteiger partial charge in [0.25, 0.3) is 5.91 Å². The number of amides is 1. The summed E-state index contributed by atoms with van der Waals surface area (Å²) in [5, 5.41) is 13.3. The van der Waals surface area contributed by atoms with E-state index in [1.165, 1.54) is 23.1 Å². The first-order chi connectivity index (χ1) is 14.7. The lowest BCUT2D eigenvalue weighted by Gasteiger charge is -2.48. The van der Waals surface area contributed by atoms with Crippen LogP contribution >= 0.6 is 22.6 Å². The average Bonchev–Trinajstić information content (AvgIpc) is 2.70. The van der Waals surface area contributed by atoms with Gasteiger partial charge in [0.2, 0.25) is 0 Å². The Hall–Kier alpha value is -1.85. The molecule has 1 aliphatic rings. The van der Waals surface area contributed by atoms with E-state index in [1.807, 2.05) is 29.5 Å². The molecule has 1 amide bonds. The molecule has 0 radical (unpaired) electrons. The summed E-state index contributed by atoms with van der Waals surface area (Å²) < 4.78 is 43.3. The maximum Gasteiger partial charge on any atom is 0.256 e. The molecule has 1 saturated heterocycles. The van der Waals surface area contributed by atoms with Gasteiger partial charge in [0.05, 0.1) is 30.0 Å². The molecule has 2 aromatic rings. The second kappa shape index (κ2) is 9.74. The van der Waals surface area contributed by atoms with E-state index in [2.05, 4.69) is 17.1 Å². The molecule has 0 unspecified atom stereocenters. The summed E-state index contributed by atoms with van der Waals surface area (Å²) in [6.45, 7) is 6.28. The molecular formula is C22H25F3IN3O2. The van der Waals surface area contributed by atoms with E-state index in [9.17, 15) is 23.1 Å². The molecular weight excluding hydrogens is 522 g/mol. The van der Waals surface area contributed by atoms with Crippen molar-refractivity contribution in [2.24, 2.45) is 0 Å². The topological polar surface area (TPSA) is 55.8 Å². The standard InChI is InChI=1S/C22H25F3IN3O2/c1-3-9-28(4-2)11-22(31)12-29(13-22)21(30)15-6-7-16(23)19(25)20(15)27-18-8-5-14(26)10-17(18)24/h5-8,10,27,31H,3-4,9,11-13H2,1-2H3. The highest BCUT2D eigenvalue weighted by Gasteiger charge is 2.45. The van der Waals surface area contributed by atoms with Gasteiger partial charge in [-0.3, -0.25) is 4.79 Å². The number of carbonyl (C=O) groups excluding carboxylic acids is 1. The number of rotatable bonds is 8. The largest absolute Gasteiger partial charge is 0.385 e. The number of likely N-dealkylation sites (N-methyl/N-ethyl adjacent to an activating group) is 1. The van der Waals surface area contributed by atoms with Crippen LogP contribution in [0.25, 0.3) is 0 Å². The Morgan fingerprint density at radius 1 is 1.19 bits per heavy atom. The second-order valence-electron chi connectivity index (χ2n) is 7.79. The van der Waals surface area contributed by atoms with E-state index in [-0.39, 0.29) is 24.3 Å². The summed E-state index contributed by atoms with van der Waals surface area (Å²) in [6.07, 6.45) is 0.950. The summed E-state index contributed by atoms with van der Waals surface area (Å²) in [6, 6.07) is 6.28. The fraction of sp³-hybridized carbons (Fsp3) is 0.409. The quantitative estimate of drug-likeness (QED) is 0.483. The van der Waals surface area contributed by atoms with Gasteiger partial charge < -0.3 is 20.2 Å². The lowest BCUT2D eigenvalue weighted by atomic mass is 9.92. The Labute approximate surface area is 193 Å². The number of nitrogens with zero attached hydrogens (tertiary/aromatic N) is 2. The van der Waals surface area contributed by atoms with Crippen molar-refractivity contribution in [3.8, 4) is 0 Å². The van der Waals surface area contributed by atoms with E-state index in [1.54, 1.807) is 6.07 Å². The summed E-state index contributed by atoms with van der Waals surface area (Å²) >= 11 is 1.93. The van der Waals surface area contributed by atoms with Gasteiger partial charge in [-0.15, -0.1) is 0 Å². The van der Waals surface area contributed by atoms with Crippen LogP contribution in [0.1, 0.15) is 30.6 Å². The Morgan fingerprint density at radius 3 is 2.52 bits per heavy atom. The van der Waals surface area contributed by atoms with E-state index < -0.39 is 34.6 Å². The minimum atomic E-state index is -1.26. The van der Waals surface area contributed by atoms with Crippen LogP contribution in [0.2, 0.25) is 0 Å². The number of hydrogen-bond acceptors (Lipinski definition) is 4. The molecule has 0 atom stereocenters. The second-order valence-corrected chi connectivity index (χ2v) is 9.03. The molecule has 1 heterocycles. The minimum Gasteiger partial charge on any atom is -0.385 e. The molecule has 0 saturated carbocycles. The molecule has 0 aromatic heterocycles. The number of benzene rings is 2. The summed E-state index contributed by atoms with van der Waals surface area (Å²) in [5.41, 5.74) is -1.67. The van der Waals surface area contributed by atoms with E-state index in [0.29, 0.717) is 10.1 Å². The van der Waals surface area contributed by atoms with Crippen molar-refractivity contribution in [2.75, 3.05) is 38.0 Å². The van der Waals surface area contributed by atoms with Gasteiger partial charge in [-0.05, 0) is 72.4 Å². The Balaban J connectivity index is 1.80. The highest BCUT2D eigenvalue weighted by atomic mass is 127. The third-order valence-electron chi connectivity index (χ3n) is 5.28. The summed E-state index contributed by atoms with van der Waals surface area (Å²) in [5.74, 6) is -3.62. The van der Waals surface area contributed by atoms with Crippen molar-refractivity contribution in [1.82, 2.24) is 9.80 Å². The fourth-order valence-electron chi connectivity index (χ4n) is 3.74. The van der Waals surface area contributed by atoms with Crippen molar-refractivity contribution >= 4 is 39.9 Å². The van der Waals surface area contributed by atoms with Crippen LogP contribution < -0.4 is 5.32 Å². The molecule has 5 nitrogen and oxygen atoms in total. The fourth-order valence-corrected chi connectivity index (χ4v) is 4.19. The van der Waals surface area contributed by atoms with Crippen LogP contribution in [0.15, 0.2) is 30.3 Å². The third kappa shape index (κ3) is 5.32. The van der Waals surface area contributed by atoms with Crippen molar-refractivity contribution in [3.05, 3.63) is 56.9 Å². The first-order valence-corrected chi connectivity index (χ1v) is 11.2. The van der Waals surface area contributed by atoms with Gasteiger partial charge in [-0.2, -0.15) is 0 Å². The molecule has 2 aromatic carbocycles. The molecule has 0 spiro atoms. The van der Waals surface area contributed by atoms with Gasteiger partial charge in [0, 0.05) is 10.1 Å². The first-order valence-electron chi connectivity index (χ1n) is 10.1. The number of carbonyl (C=O) groups is 1. The SMILES string of the molecule is CCCN(CC)CC1(O)CN(C(=O)c2ccc(F)c(F)c2Nc2ccc(I)cc2F)C1. The lowest BCUT2D eigenvalue weighted by molar-refractivity contribution is -0.0970. The van der Waals surface area contributed by atoms with Crippen molar-refractivity contribution in [1.29, 1.82) is 0 Å². The molecule has 9 heteroatoms. The molecule has 0 bridgehead atoms. The number of β-amino-alcohol motifs (C(OH)–C–C–N with tert-alkyl or cyclic N) is 1. The van der Waals surface area contributed by atoms with Crippen LogP contribution in [0.5, 0.6) is 0 Å². The Morgan fingerprint density at radius 2 is 1.90 bits per heavy atom. The lowest BCUT2D eigenvalue weighted by Crippen LogP contribution is -2.67. The zero-order chi connectivity index (χ0) is 22.8. The number of hydrogen-bond donors (Lipinski definition) is 2. The monoisotopic (exact) mass is 547 g/mol.